The molecule has 2 rings (SSSR count). The maximum atomic E-state index is 8.97. The molecule has 3 heteroatoms. The third kappa shape index (κ3) is 3.11. The summed E-state index contributed by atoms with van der Waals surface area (Å²) >= 11 is 5.78. The van der Waals surface area contributed by atoms with Gasteiger partial charge in [-0.1, -0.05) is 0 Å². The van der Waals surface area contributed by atoms with Crippen LogP contribution in [0.25, 0.3) is 0 Å². The zero-order valence-corrected chi connectivity index (χ0v) is 11.5. The Morgan fingerprint density at radius 3 is 2.12 bits per heavy atom. The minimum atomic E-state index is -0.102. The molecule has 0 N–H and O–H groups in total. The van der Waals surface area contributed by atoms with Gasteiger partial charge in [0.1, 0.15) is 0 Å². The normalized spacial score (nSPS) is 11.8. The first-order valence-electron chi connectivity index (χ1n) is 5.16. The molecule has 1 nitrogen and oxygen atoms in total. The summed E-state index contributed by atoms with van der Waals surface area (Å²) in [7, 11) is 0. The molecule has 0 amide bonds. The monoisotopic (exact) mass is 307 g/mol. The van der Waals surface area contributed by atoms with Crippen LogP contribution in [0.3, 0.4) is 0 Å². The van der Waals surface area contributed by atoms with Crippen LogP contribution in [0.15, 0.2) is 54.6 Å². The Bertz CT molecular complexity index is 516. The van der Waals surface area contributed by atoms with Crippen LogP contribution in [0.1, 0.15) is 15.9 Å². The fraction of sp³-hybridized carbons (Fsp3) is 0.0714. The number of halogens is 1. The van der Waals surface area contributed by atoms with Gasteiger partial charge in [0, 0.05) is 0 Å². The van der Waals surface area contributed by atoms with Gasteiger partial charge in [0.25, 0.3) is 0 Å². The summed E-state index contributed by atoms with van der Waals surface area (Å²) in [6.07, 6.45) is 0. The second-order valence-electron chi connectivity index (χ2n) is 3.55. The molecule has 0 aliphatic carbocycles. The van der Waals surface area contributed by atoms with Gasteiger partial charge in [-0.25, -0.2) is 0 Å². The van der Waals surface area contributed by atoms with Crippen molar-refractivity contribution in [3.8, 4) is 4.97 Å². The molecule has 1 unspecified atom stereocenters. The van der Waals surface area contributed by atoms with E-state index in [-0.39, 0.29) is 19.8 Å². The Labute approximate surface area is 112 Å². The van der Waals surface area contributed by atoms with E-state index in [0.717, 1.165) is 10.6 Å². The van der Waals surface area contributed by atoms with Gasteiger partial charge in [-0.05, 0) is 0 Å². The van der Waals surface area contributed by atoms with Crippen LogP contribution in [0, 0.1) is 10.2 Å². The van der Waals surface area contributed by atoms with Crippen LogP contribution >= 0.6 is 11.6 Å². The molecule has 17 heavy (non-hydrogen) atoms. The molecular weight excluding hydrogens is 297 g/mol. The second-order valence-corrected chi connectivity index (χ2v) is 5.85. The van der Waals surface area contributed by atoms with E-state index in [1.54, 1.807) is 0 Å². The molecule has 0 heterocycles. The molecule has 1 atom stereocenters. The van der Waals surface area contributed by atoms with E-state index >= 15 is 0 Å². The number of nitriles is 1. The van der Waals surface area contributed by atoms with Crippen LogP contribution in [-0.4, -0.2) is 15.0 Å². The van der Waals surface area contributed by atoms with Crippen molar-refractivity contribution in [2.24, 2.45) is 0 Å². The van der Waals surface area contributed by atoms with Crippen molar-refractivity contribution in [2.45, 2.75) is 4.82 Å². The number of rotatable bonds is 3. The number of hydrogen-bond acceptors (Lipinski definition) is 1. The molecule has 2 aromatic rings. The summed E-state index contributed by atoms with van der Waals surface area (Å²) in [6.45, 7) is 0. The van der Waals surface area contributed by atoms with Crippen molar-refractivity contribution >= 4 is 26.6 Å². The third-order valence-electron chi connectivity index (χ3n) is 2.45. The molecule has 0 aliphatic heterocycles. The molecule has 2 aromatic carbocycles. The number of benzene rings is 2. The SMILES string of the molecule is N#C[Se]C(c1ccccc1)c1ccc(Cl)cc1. The Morgan fingerprint density at radius 1 is 0.941 bits per heavy atom. The van der Waals surface area contributed by atoms with E-state index < -0.39 is 0 Å². The van der Waals surface area contributed by atoms with Gasteiger partial charge in [-0.2, -0.15) is 0 Å². The molecule has 0 spiro atoms. The summed E-state index contributed by atoms with van der Waals surface area (Å²) in [4.78, 5) is 2.49. The fourth-order valence-electron chi connectivity index (χ4n) is 1.65. The van der Waals surface area contributed by atoms with Gasteiger partial charge >= 0.3 is 112 Å². The summed E-state index contributed by atoms with van der Waals surface area (Å²) in [5.74, 6) is 0. The Morgan fingerprint density at radius 2 is 1.53 bits per heavy atom. The second kappa shape index (κ2) is 5.89. The van der Waals surface area contributed by atoms with Crippen molar-refractivity contribution in [1.29, 1.82) is 5.26 Å². The van der Waals surface area contributed by atoms with Gasteiger partial charge in [0.2, 0.25) is 0 Å². The number of hydrogen-bond donors (Lipinski definition) is 0. The summed E-state index contributed by atoms with van der Waals surface area (Å²) in [5.41, 5.74) is 2.35. The topological polar surface area (TPSA) is 23.8 Å². The molecule has 0 aliphatic rings. The third-order valence-corrected chi connectivity index (χ3v) is 4.56. The molecule has 0 bridgehead atoms. The van der Waals surface area contributed by atoms with Gasteiger partial charge in [-0.3, -0.25) is 0 Å². The molecule has 84 valence electrons. The standard InChI is InChI=1S/C14H10ClNSe/c15-13-8-6-12(7-9-13)14(17-10-16)11-4-2-1-3-5-11/h1-9,14H. The molecule has 0 aromatic heterocycles. The summed E-state index contributed by atoms with van der Waals surface area (Å²) < 4.78 is 0. The minimum absolute atomic E-state index is 0.102. The van der Waals surface area contributed by atoms with E-state index in [1.807, 2.05) is 42.5 Å². The Hall–Kier alpha value is -1.26. The Kier molecular flexibility index (Phi) is 4.23. The molecule has 0 saturated heterocycles. The van der Waals surface area contributed by atoms with E-state index in [4.69, 9.17) is 16.9 Å². The predicted molar refractivity (Wildman–Crippen MR) is 71.1 cm³/mol. The fourth-order valence-corrected chi connectivity index (χ4v) is 3.22. The average molecular weight is 307 g/mol. The van der Waals surface area contributed by atoms with Crippen LogP contribution in [-0.2, 0) is 0 Å². The van der Waals surface area contributed by atoms with Crippen LogP contribution in [0.4, 0.5) is 0 Å². The van der Waals surface area contributed by atoms with Crippen molar-refractivity contribution < 1.29 is 0 Å². The predicted octanol–water partition coefficient (Wildman–Crippen LogP) is 3.61. The summed E-state index contributed by atoms with van der Waals surface area (Å²) in [6, 6.07) is 17.9. The van der Waals surface area contributed by atoms with E-state index in [2.05, 4.69) is 17.1 Å². The molecule has 0 radical (unpaired) electrons. The van der Waals surface area contributed by atoms with Crippen molar-refractivity contribution in [2.75, 3.05) is 0 Å². The first-order chi connectivity index (χ1) is 8.31. The summed E-state index contributed by atoms with van der Waals surface area (Å²) in [5, 5.41) is 9.69. The van der Waals surface area contributed by atoms with E-state index in [1.165, 1.54) is 5.56 Å². The van der Waals surface area contributed by atoms with Gasteiger partial charge in [-0.15, -0.1) is 0 Å². The Balaban J connectivity index is 2.36. The first-order valence-corrected chi connectivity index (χ1v) is 7.39. The van der Waals surface area contributed by atoms with Crippen LogP contribution in [0.5, 0.6) is 0 Å². The molecule has 0 fully saturated rings. The van der Waals surface area contributed by atoms with Gasteiger partial charge < -0.3 is 0 Å². The van der Waals surface area contributed by atoms with Crippen molar-refractivity contribution in [3.05, 3.63) is 70.7 Å². The zero-order valence-electron chi connectivity index (χ0n) is 9.01. The van der Waals surface area contributed by atoms with Crippen molar-refractivity contribution in [1.82, 2.24) is 0 Å². The van der Waals surface area contributed by atoms with Gasteiger partial charge in [0.05, 0.1) is 0 Å². The van der Waals surface area contributed by atoms with Crippen LogP contribution in [0.2, 0.25) is 5.02 Å². The quantitative estimate of drug-likeness (QED) is 0.795. The molecule has 0 saturated carbocycles. The number of nitrogens with zero attached hydrogens (tertiary/aromatic N) is 1. The maximum absolute atomic E-state index is 8.97. The average Bonchev–Trinajstić information content (AvgIpc) is 2.38. The van der Waals surface area contributed by atoms with E-state index in [9.17, 15) is 0 Å². The van der Waals surface area contributed by atoms with E-state index in [0.29, 0.717) is 0 Å². The van der Waals surface area contributed by atoms with Crippen LogP contribution < -0.4 is 0 Å². The first kappa shape index (κ1) is 12.2. The van der Waals surface area contributed by atoms with Crippen molar-refractivity contribution in [3.63, 3.8) is 0 Å². The zero-order chi connectivity index (χ0) is 12.1. The van der Waals surface area contributed by atoms with Gasteiger partial charge in [0.15, 0.2) is 0 Å². The molecular formula is C14H10ClNSe.